The van der Waals surface area contributed by atoms with Gasteiger partial charge >= 0.3 is 19.8 Å². The maximum atomic E-state index is 12.7. The van der Waals surface area contributed by atoms with Crippen LogP contribution in [0.1, 0.15) is 162 Å². The number of allylic oxidation sites excluding steroid dienone is 7. The van der Waals surface area contributed by atoms with Crippen LogP contribution in [0.5, 0.6) is 0 Å². The Morgan fingerprint density at radius 1 is 0.793 bits per heavy atom. The number of carbonyl (C=O) groups excluding carboxylic acids is 3. The smallest absolute Gasteiger partial charge is 0.462 e. The number of aliphatic hydroxyl groups excluding tert-OH is 2. The monoisotopic (exact) mass is 840 g/mol. The normalized spacial score (nSPS) is 19.5. The number of phosphoric ester groups is 1. The molecule has 12 nitrogen and oxygen atoms in total. The van der Waals surface area contributed by atoms with Crippen LogP contribution in [0.2, 0.25) is 0 Å². The van der Waals surface area contributed by atoms with Crippen molar-refractivity contribution in [3.05, 3.63) is 48.6 Å². The van der Waals surface area contributed by atoms with Gasteiger partial charge < -0.3 is 30.3 Å². The molecule has 0 aromatic heterocycles. The van der Waals surface area contributed by atoms with Crippen LogP contribution in [0.25, 0.3) is 0 Å². The molecule has 0 aliphatic heterocycles. The maximum absolute atomic E-state index is 12.7. The Kier molecular flexibility index (Phi) is 32.6. The molecule has 0 radical (unpaired) electrons. The third-order valence-corrected chi connectivity index (χ3v) is 11.0. The molecule has 58 heavy (non-hydrogen) atoms. The average Bonchev–Trinajstić information content (AvgIpc) is 3.47. The fraction of sp³-hybridized carbons (Fsp3) is 0.756. The topological polar surface area (TPSA) is 192 Å². The van der Waals surface area contributed by atoms with Gasteiger partial charge in [-0.25, -0.2) is 4.57 Å². The molecular weight excluding hydrogens is 761 g/mol. The Morgan fingerprint density at radius 3 is 2.09 bits per heavy atom. The zero-order valence-electron chi connectivity index (χ0n) is 35.7. The quantitative estimate of drug-likeness (QED) is 0.0201. The molecule has 13 heteroatoms. The number of aliphatic hydroxyl groups is 2. The highest BCUT2D eigenvalue weighted by atomic mass is 31.2. The van der Waals surface area contributed by atoms with Crippen molar-refractivity contribution in [2.75, 3.05) is 26.4 Å². The molecule has 1 aliphatic carbocycles. The Bertz CT molecular complexity index is 1250. The van der Waals surface area contributed by atoms with Crippen molar-refractivity contribution in [1.29, 1.82) is 0 Å². The van der Waals surface area contributed by atoms with Gasteiger partial charge in [-0.1, -0.05) is 127 Å². The van der Waals surface area contributed by atoms with E-state index in [1.807, 2.05) is 12.2 Å². The molecule has 0 spiro atoms. The van der Waals surface area contributed by atoms with Gasteiger partial charge in [0.05, 0.1) is 25.4 Å². The number of ketones is 1. The number of carbonyl (C=O) groups is 3. The summed E-state index contributed by atoms with van der Waals surface area (Å²) < 4.78 is 32.7. The second kappa shape index (κ2) is 35.3. The van der Waals surface area contributed by atoms with Crippen molar-refractivity contribution in [1.82, 2.24) is 0 Å². The second-order valence-electron chi connectivity index (χ2n) is 15.3. The van der Waals surface area contributed by atoms with Crippen molar-refractivity contribution < 1.29 is 52.6 Å². The summed E-state index contributed by atoms with van der Waals surface area (Å²) in [7, 11) is -4.46. The van der Waals surface area contributed by atoms with Crippen molar-refractivity contribution in [3.63, 3.8) is 0 Å². The van der Waals surface area contributed by atoms with E-state index in [2.05, 4.69) is 38.2 Å². The summed E-state index contributed by atoms with van der Waals surface area (Å²) in [5, 5.41) is 20.7. The van der Waals surface area contributed by atoms with Gasteiger partial charge in [0.1, 0.15) is 12.4 Å². The lowest BCUT2D eigenvalue weighted by molar-refractivity contribution is -0.161. The number of nitrogens with two attached hydrogens (primary N) is 1. The first-order valence-corrected chi connectivity index (χ1v) is 23.7. The summed E-state index contributed by atoms with van der Waals surface area (Å²) in [6, 6.07) is 0. The molecule has 1 saturated carbocycles. The lowest BCUT2D eigenvalue weighted by Crippen LogP contribution is -2.29. The first kappa shape index (κ1) is 53.6. The lowest BCUT2D eigenvalue weighted by atomic mass is 9.90. The fourth-order valence-corrected chi connectivity index (χ4v) is 7.41. The number of hydrogen-bond acceptors (Lipinski definition) is 11. The second-order valence-corrected chi connectivity index (χ2v) is 16.8. The summed E-state index contributed by atoms with van der Waals surface area (Å²) in [6.07, 6.45) is 33.6. The Labute approximate surface area is 349 Å². The molecule has 5 N–H and O–H groups in total. The first-order chi connectivity index (χ1) is 28.0. The molecule has 0 aromatic carbocycles. The summed E-state index contributed by atoms with van der Waals surface area (Å²) in [6.45, 7) is 3.27. The van der Waals surface area contributed by atoms with Gasteiger partial charge in [0, 0.05) is 37.6 Å². The molecule has 1 aliphatic rings. The van der Waals surface area contributed by atoms with E-state index in [0.717, 1.165) is 51.4 Å². The molecule has 1 rings (SSSR count). The van der Waals surface area contributed by atoms with Gasteiger partial charge in [0.15, 0.2) is 6.10 Å². The van der Waals surface area contributed by atoms with Crippen LogP contribution >= 0.6 is 7.82 Å². The zero-order chi connectivity index (χ0) is 42.7. The van der Waals surface area contributed by atoms with E-state index in [4.69, 9.17) is 24.3 Å². The largest absolute Gasteiger partial charge is 0.472 e. The maximum Gasteiger partial charge on any atom is 0.472 e. The molecule has 334 valence electrons. The Balaban J connectivity index is 2.40. The SMILES string of the molecule is CCCCC/C=C\C/C=C\CCCCCCCCCC(=O)OC[C@H](COP(=O)(O)OCCN)OC(=O)CCC/C=C\C[C@H]1[C@@H](O)CC(=O)[C@@H]1/C=C/[C@@H](O)CCCCC. The Hall–Kier alpha value is -2.44. The van der Waals surface area contributed by atoms with Crippen LogP contribution in [0.4, 0.5) is 0 Å². The minimum atomic E-state index is -4.46. The molecule has 6 atom stereocenters. The molecule has 0 amide bonds. The average molecular weight is 840 g/mol. The van der Waals surface area contributed by atoms with Crippen LogP contribution < -0.4 is 5.73 Å². The minimum absolute atomic E-state index is 0.00781. The van der Waals surface area contributed by atoms with E-state index in [-0.39, 0.29) is 50.7 Å². The van der Waals surface area contributed by atoms with Crippen LogP contribution in [0.15, 0.2) is 48.6 Å². The summed E-state index contributed by atoms with van der Waals surface area (Å²) in [5.41, 5.74) is 5.34. The Morgan fingerprint density at radius 2 is 1.40 bits per heavy atom. The van der Waals surface area contributed by atoms with Crippen molar-refractivity contribution in [2.24, 2.45) is 17.6 Å². The van der Waals surface area contributed by atoms with Crippen molar-refractivity contribution >= 4 is 25.5 Å². The highest BCUT2D eigenvalue weighted by Crippen LogP contribution is 2.43. The first-order valence-electron chi connectivity index (χ1n) is 22.2. The van der Waals surface area contributed by atoms with E-state index in [1.54, 1.807) is 12.2 Å². The van der Waals surface area contributed by atoms with Crippen LogP contribution in [0, 0.1) is 11.8 Å². The van der Waals surface area contributed by atoms with Gasteiger partial charge in [0.25, 0.3) is 0 Å². The molecule has 0 bridgehead atoms. The summed E-state index contributed by atoms with van der Waals surface area (Å²) in [5.74, 6) is -1.80. The number of hydrogen-bond donors (Lipinski definition) is 4. The number of unbranched alkanes of at least 4 members (excludes halogenated alkanes) is 13. The van der Waals surface area contributed by atoms with Crippen LogP contribution in [-0.2, 0) is 37.5 Å². The van der Waals surface area contributed by atoms with Gasteiger partial charge in [-0.15, -0.1) is 0 Å². The molecule has 1 fully saturated rings. The molecule has 0 heterocycles. The predicted octanol–water partition coefficient (Wildman–Crippen LogP) is 9.31. The predicted molar refractivity (Wildman–Crippen MR) is 230 cm³/mol. The van der Waals surface area contributed by atoms with E-state index in [0.29, 0.717) is 32.1 Å². The van der Waals surface area contributed by atoms with Gasteiger partial charge in [-0.2, -0.15) is 0 Å². The summed E-state index contributed by atoms with van der Waals surface area (Å²) in [4.78, 5) is 47.6. The van der Waals surface area contributed by atoms with Gasteiger partial charge in [-0.3, -0.25) is 23.4 Å². The fourth-order valence-electron chi connectivity index (χ4n) is 6.64. The minimum Gasteiger partial charge on any atom is -0.462 e. The number of ether oxygens (including phenoxy) is 2. The van der Waals surface area contributed by atoms with E-state index >= 15 is 0 Å². The summed E-state index contributed by atoms with van der Waals surface area (Å²) >= 11 is 0. The van der Waals surface area contributed by atoms with Gasteiger partial charge in [-0.05, 0) is 64.2 Å². The zero-order valence-corrected chi connectivity index (χ0v) is 36.6. The molecule has 0 saturated heterocycles. The van der Waals surface area contributed by atoms with Crippen LogP contribution in [0.3, 0.4) is 0 Å². The number of phosphoric acid groups is 1. The number of rotatable bonds is 37. The number of esters is 2. The highest BCUT2D eigenvalue weighted by molar-refractivity contribution is 7.47. The lowest BCUT2D eigenvalue weighted by Gasteiger charge is -2.19. The van der Waals surface area contributed by atoms with Crippen molar-refractivity contribution in [3.8, 4) is 0 Å². The molecule has 1 unspecified atom stereocenters. The highest BCUT2D eigenvalue weighted by Gasteiger charge is 2.39. The third-order valence-electron chi connectivity index (χ3n) is 10.1. The standard InChI is InChI=1S/C45H78NO11P/c1-3-5-7-8-9-10-11-12-13-14-15-16-17-18-19-20-25-29-44(50)54-36-39(37-56-58(52,53)55-34-33-46)57-45(51)30-26-22-21-24-28-40-41(43(49)35-42(40)48)32-31-38(47)27-23-6-4-2/h9-10,12-13,21,24,31-32,38-42,47-48H,3-8,11,14-20,22-23,25-30,33-37,46H2,1-2H3,(H,52,53)/b10-9-,13-12-,24-21-,32-31+/t38-,39+,40+,41+,42-/m0/s1. The number of Topliss-reactive ketones (excluding diaryl/α,β-unsaturated/α-hetero) is 1. The van der Waals surface area contributed by atoms with E-state index in [1.165, 1.54) is 44.9 Å². The third kappa shape index (κ3) is 28.9. The van der Waals surface area contributed by atoms with Crippen molar-refractivity contribution in [2.45, 2.75) is 180 Å². The molecule has 0 aromatic rings. The van der Waals surface area contributed by atoms with Gasteiger partial charge in [0.2, 0.25) is 0 Å². The van der Waals surface area contributed by atoms with E-state index in [9.17, 15) is 34.1 Å². The van der Waals surface area contributed by atoms with Crippen LogP contribution in [-0.4, -0.2) is 77.5 Å². The molecular formula is C45H78NO11P. The van der Waals surface area contributed by atoms with E-state index < -0.39 is 50.6 Å².